The lowest BCUT2D eigenvalue weighted by molar-refractivity contribution is 0.0690. The van der Waals surface area contributed by atoms with Crippen molar-refractivity contribution in [1.29, 1.82) is 0 Å². The van der Waals surface area contributed by atoms with E-state index in [0.29, 0.717) is 5.56 Å². The van der Waals surface area contributed by atoms with E-state index in [4.69, 9.17) is 14.6 Å². The SMILES string of the molecule is COc1cc(-c2cc(C(=O)O)[nH]n2)cc(C(F)F)c1OC. The van der Waals surface area contributed by atoms with Crippen LogP contribution in [0.1, 0.15) is 22.5 Å². The highest BCUT2D eigenvalue weighted by Gasteiger charge is 2.21. The second kappa shape index (κ2) is 5.78. The van der Waals surface area contributed by atoms with Crippen LogP contribution in [0.15, 0.2) is 18.2 Å². The molecule has 0 aliphatic heterocycles. The number of aromatic amines is 1. The van der Waals surface area contributed by atoms with Crippen molar-refractivity contribution in [1.82, 2.24) is 10.2 Å². The molecular weight excluding hydrogens is 286 g/mol. The van der Waals surface area contributed by atoms with E-state index in [1.54, 1.807) is 0 Å². The van der Waals surface area contributed by atoms with Gasteiger partial charge in [-0.25, -0.2) is 13.6 Å². The van der Waals surface area contributed by atoms with E-state index in [9.17, 15) is 13.6 Å². The van der Waals surface area contributed by atoms with E-state index in [0.717, 1.165) is 0 Å². The molecule has 0 amide bonds. The standard InChI is InChI=1S/C13H12F2N2O4/c1-20-10-4-6(3-7(12(14)15)11(10)21-2)8-5-9(13(18)19)17-16-8/h3-5,12H,1-2H3,(H,16,17)(H,18,19). The molecule has 6 nitrogen and oxygen atoms in total. The molecule has 2 aromatic rings. The maximum atomic E-state index is 13.1. The number of ether oxygens (including phenoxy) is 2. The van der Waals surface area contributed by atoms with Crippen molar-refractivity contribution >= 4 is 5.97 Å². The summed E-state index contributed by atoms with van der Waals surface area (Å²) >= 11 is 0. The Bertz CT molecular complexity index is 670. The molecule has 0 aliphatic carbocycles. The highest BCUT2D eigenvalue weighted by atomic mass is 19.3. The number of halogens is 2. The number of nitrogens with one attached hydrogen (secondary N) is 1. The minimum absolute atomic E-state index is 0.0646. The van der Waals surface area contributed by atoms with Crippen LogP contribution in [0.25, 0.3) is 11.3 Å². The van der Waals surface area contributed by atoms with Gasteiger partial charge >= 0.3 is 5.97 Å². The van der Waals surface area contributed by atoms with Crippen LogP contribution >= 0.6 is 0 Å². The van der Waals surface area contributed by atoms with E-state index in [2.05, 4.69) is 10.2 Å². The molecule has 0 spiro atoms. The summed E-state index contributed by atoms with van der Waals surface area (Å²) in [7, 11) is 2.59. The summed E-state index contributed by atoms with van der Waals surface area (Å²) in [6.07, 6.45) is -2.77. The Kier molecular flexibility index (Phi) is 4.06. The Balaban J connectivity index is 2.58. The Morgan fingerprint density at radius 2 is 2.00 bits per heavy atom. The number of carbonyl (C=O) groups is 1. The fourth-order valence-electron chi connectivity index (χ4n) is 1.88. The summed E-state index contributed by atoms with van der Waals surface area (Å²) in [5, 5.41) is 14.9. The van der Waals surface area contributed by atoms with Gasteiger partial charge in [0, 0.05) is 5.56 Å². The third-order valence-corrected chi connectivity index (χ3v) is 2.85. The molecule has 21 heavy (non-hydrogen) atoms. The molecule has 1 heterocycles. The summed E-state index contributed by atoms with van der Waals surface area (Å²) in [5.41, 5.74) is 0.0204. The lowest BCUT2D eigenvalue weighted by atomic mass is 10.1. The predicted octanol–water partition coefficient (Wildman–Crippen LogP) is 2.73. The molecule has 0 atom stereocenters. The first kappa shape index (κ1) is 14.8. The fourth-order valence-corrected chi connectivity index (χ4v) is 1.88. The van der Waals surface area contributed by atoms with Crippen molar-refractivity contribution < 1.29 is 28.2 Å². The van der Waals surface area contributed by atoms with Crippen LogP contribution in [-0.2, 0) is 0 Å². The molecule has 8 heteroatoms. The molecule has 112 valence electrons. The molecule has 0 saturated carbocycles. The Morgan fingerprint density at radius 3 is 2.48 bits per heavy atom. The smallest absolute Gasteiger partial charge is 0.353 e. The van der Waals surface area contributed by atoms with Crippen LogP contribution in [0, 0.1) is 0 Å². The van der Waals surface area contributed by atoms with Crippen molar-refractivity contribution in [3.8, 4) is 22.8 Å². The van der Waals surface area contributed by atoms with Crippen molar-refractivity contribution in [3.63, 3.8) is 0 Å². The van der Waals surface area contributed by atoms with Gasteiger partial charge in [-0.15, -0.1) is 0 Å². The number of carboxylic acids is 1. The van der Waals surface area contributed by atoms with Gasteiger partial charge in [-0.3, -0.25) is 5.10 Å². The van der Waals surface area contributed by atoms with Crippen molar-refractivity contribution in [2.24, 2.45) is 0 Å². The predicted molar refractivity (Wildman–Crippen MR) is 69.0 cm³/mol. The Labute approximate surface area is 118 Å². The van der Waals surface area contributed by atoms with Gasteiger partial charge in [-0.1, -0.05) is 0 Å². The Hall–Kier alpha value is -2.64. The van der Waals surface area contributed by atoms with Crippen LogP contribution in [-0.4, -0.2) is 35.5 Å². The highest BCUT2D eigenvalue weighted by Crippen LogP contribution is 2.40. The molecule has 1 aromatic heterocycles. The van der Waals surface area contributed by atoms with Gasteiger partial charge < -0.3 is 14.6 Å². The van der Waals surface area contributed by atoms with Gasteiger partial charge in [-0.05, 0) is 18.2 Å². The van der Waals surface area contributed by atoms with Gasteiger partial charge in [-0.2, -0.15) is 5.10 Å². The van der Waals surface area contributed by atoms with Crippen molar-refractivity contribution in [2.45, 2.75) is 6.43 Å². The van der Waals surface area contributed by atoms with Crippen LogP contribution in [0.5, 0.6) is 11.5 Å². The molecule has 0 aliphatic rings. The minimum Gasteiger partial charge on any atom is -0.493 e. The van der Waals surface area contributed by atoms with Crippen LogP contribution in [0.4, 0.5) is 8.78 Å². The number of aromatic carboxylic acids is 1. The average molecular weight is 298 g/mol. The summed E-state index contributed by atoms with van der Waals surface area (Å²) < 4.78 is 36.2. The zero-order valence-electron chi connectivity index (χ0n) is 11.2. The number of rotatable bonds is 5. The number of benzene rings is 1. The van der Waals surface area contributed by atoms with Gasteiger partial charge in [0.2, 0.25) is 0 Å². The average Bonchev–Trinajstić information content (AvgIpc) is 2.95. The quantitative estimate of drug-likeness (QED) is 0.886. The van der Waals surface area contributed by atoms with Crippen LogP contribution < -0.4 is 9.47 Å². The van der Waals surface area contributed by atoms with Crippen LogP contribution in [0.2, 0.25) is 0 Å². The number of H-pyrrole nitrogens is 1. The third-order valence-electron chi connectivity index (χ3n) is 2.85. The van der Waals surface area contributed by atoms with Gasteiger partial charge in [0.15, 0.2) is 11.5 Å². The van der Waals surface area contributed by atoms with E-state index in [-0.39, 0.29) is 28.5 Å². The Morgan fingerprint density at radius 1 is 1.29 bits per heavy atom. The minimum atomic E-state index is -2.77. The van der Waals surface area contributed by atoms with Gasteiger partial charge in [0.05, 0.1) is 25.5 Å². The molecule has 1 aromatic carbocycles. The zero-order chi connectivity index (χ0) is 15.6. The van der Waals surface area contributed by atoms with E-state index >= 15 is 0 Å². The molecular formula is C13H12F2N2O4. The number of alkyl halides is 2. The number of aromatic nitrogens is 2. The van der Waals surface area contributed by atoms with E-state index in [1.165, 1.54) is 32.4 Å². The van der Waals surface area contributed by atoms with Crippen molar-refractivity contribution in [3.05, 3.63) is 29.5 Å². The summed E-state index contributed by atoms with van der Waals surface area (Å²) in [5.74, 6) is -1.14. The second-order valence-corrected chi connectivity index (χ2v) is 4.07. The fraction of sp³-hybridized carbons (Fsp3) is 0.231. The largest absolute Gasteiger partial charge is 0.493 e. The molecule has 0 radical (unpaired) electrons. The first-order chi connectivity index (χ1) is 9.97. The maximum Gasteiger partial charge on any atom is 0.353 e. The number of hydrogen-bond acceptors (Lipinski definition) is 4. The zero-order valence-corrected chi connectivity index (χ0v) is 11.2. The first-order valence-electron chi connectivity index (χ1n) is 5.81. The van der Waals surface area contributed by atoms with Crippen LogP contribution in [0.3, 0.4) is 0 Å². The van der Waals surface area contributed by atoms with Crippen molar-refractivity contribution in [2.75, 3.05) is 14.2 Å². The lowest BCUT2D eigenvalue weighted by Gasteiger charge is -2.13. The number of methoxy groups -OCH3 is 2. The highest BCUT2D eigenvalue weighted by molar-refractivity contribution is 5.87. The summed E-state index contributed by atoms with van der Waals surface area (Å²) in [6.45, 7) is 0. The lowest BCUT2D eigenvalue weighted by Crippen LogP contribution is -1.98. The molecule has 0 bridgehead atoms. The molecule has 0 unspecified atom stereocenters. The van der Waals surface area contributed by atoms with E-state index < -0.39 is 12.4 Å². The monoisotopic (exact) mass is 298 g/mol. The molecule has 0 saturated heterocycles. The summed E-state index contributed by atoms with van der Waals surface area (Å²) in [6, 6.07) is 3.89. The number of nitrogens with zero attached hydrogens (tertiary/aromatic N) is 1. The second-order valence-electron chi connectivity index (χ2n) is 4.07. The topological polar surface area (TPSA) is 84.4 Å². The van der Waals surface area contributed by atoms with Gasteiger partial charge in [0.25, 0.3) is 6.43 Å². The maximum absolute atomic E-state index is 13.1. The van der Waals surface area contributed by atoms with E-state index in [1.807, 2.05) is 0 Å². The molecule has 2 N–H and O–H groups in total. The number of hydrogen-bond donors (Lipinski definition) is 2. The first-order valence-corrected chi connectivity index (χ1v) is 5.81. The summed E-state index contributed by atoms with van der Waals surface area (Å²) in [4.78, 5) is 10.8. The molecule has 0 fully saturated rings. The van der Waals surface area contributed by atoms with Gasteiger partial charge in [0.1, 0.15) is 5.69 Å². The number of carboxylic acid groups (broad SMARTS) is 1. The normalized spacial score (nSPS) is 10.7. The molecule has 2 rings (SSSR count). The third kappa shape index (κ3) is 2.78.